The number of carbonyl (C=O) groups is 3. The Bertz CT molecular complexity index is 1090. The molecule has 0 saturated carbocycles. The number of hydrogen-bond acceptors (Lipinski definition) is 5. The molecule has 9 nitrogen and oxygen atoms in total. The summed E-state index contributed by atoms with van der Waals surface area (Å²) in [6, 6.07) is 5.18. The highest BCUT2D eigenvalue weighted by Gasteiger charge is 2.42. The molecule has 1 unspecified atom stereocenters. The molecule has 30 heavy (non-hydrogen) atoms. The zero-order valence-electron chi connectivity index (χ0n) is 15.4. The van der Waals surface area contributed by atoms with Gasteiger partial charge in [-0.2, -0.15) is 0 Å². The molecule has 3 rings (SSSR count). The third kappa shape index (κ3) is 3.72. The molecule has 1 atom stereocenters. The van der Waals surface area contributed by atoms with E-state index in [0.717, 1.165) is 17.0 Å². The van der Waals surface area contributed by atoms with Gasteiger partial charge in [0.05, 0.1) is 23.2 Å². The highest BCUT2D eigenvalue weighted by molar-refractivity contribution is 6.23. The Balaban J connectivity index is 1.69. The van der Waals surface area contributed by atoms with Crippen LogP contribution in [0.15, 0.2) is 30.3 Å². The lowest BCUT2D eigenvalue weighted by Crippen LogP contribution is -3.11. The second kappa shape index (κ2) is 7.91. The van der Waals surface area contributed by atoms with Crippen LogP contribution in [0, 0.1) is 27.6 Å². The van der Waals surface area contributed by atoms with Gasteiger partial charge in [0.25, 0.3) is 23.4 Å². The zero-order chi connectivity index (χ0) is 22.2. The summed E-state index contributed by atoms with van der Waals surface area (Å²) in [6.45, 7) is -0.675. The second-order valence-corrected chi connectivity index (χ2v) is 6.56. The molecule has 0 spiro atoms. The first-order chi connectivity index (χ1) is 14.1. The van der Waals surface area contributed by atoms with Crippen molar-refractivity contribution in [2.24, 2.45) is 0 Å². The van der Waals surface area contributed by atoms with Crippen LogP contribution < -0.4 is 10.2 Å². The number of imide groups is 1. The number of hydrogen-bond donors (Lipinski definition) is 2. The average molecular weight is 423 g/mol. The first kappa shape index (κ1) is 20.9. The Morgan fingerprint density at radius 1 is 1.13 bits per heavy atom. The van der Waals surface area contributed by atoms with Gasteiger partial charge in [-0.25, -0.2) is 18.1 Å². The molecule has 1 aliphatic heterocycles. The number of fused-ring (bicyclic) bond motifs is 1. The van der Waals surface area contributed by atoms with Crippen LogP contribution in [0.4, 0.5) is 24.5 Å². The van der Waals surface area contributed by atoms with Crippen LogP contribution in [-0.2, 0) is 4.79 Å². The van der Waals surface area contributed by atoms with E-state index in [0.29, 0.717) is 11.0 Å². The van der Waals surface area contributed by atoms with Gasteiger partial charge in [0, 0.05) is 6.07 Å². The number of anilines is 1. The summed E-state index contributed by atoms with van der Waals surface area (Å²) in [7, 11) is 1.44. The molecule has 1 heterocycles. The molecule has 2 N–H and O–H groups in total. The molecule has 2 aromatic rings. The van der Waals surface area contributed by atoms with Crippen LogP contribution in [0.5, 0.6) is 0 Å². The van der Waals surface area contributed by atoms with Crippen molar-refractivity contribution in [2.45, 2.75) is 0 Å². The maximum Gasteiger partial charge on any atom is 0.282 e. The fourth-order valence-electron chi connectivity index (χ4n) is 3.03. The van der Waals surface area contributed by atoms with E-state index >= 15 is 0 Å². The maximum atomic E-state index is 13.7. The topological polar surface area (TPSA) is 114 Å². The molecule has 1 aliphatic rings. The zero-order valence-corrected chi connectivity index (χ0v) is 15.4. The Labute approximate surface area is 166 Å². The predicted octanol–water partition coefficient (Wildman–Crippen LogP) is 0.719. The summed E-state index contributed by atoms with van der Waals surface area (Å²) in [5.74, 6) is -7.11. The second-order valence-electron chi connectivity index (χ2n) is 6.56. The Morgan fingerprint density at radius 3 is 2.50 bits per heavy atom. The van der Waals surface area contributed by atoms with E-state index in [-0.39, 0.29) is 24.3 Å². The molecule has 0 fully saturated rings. The summed E-state index contributed by atoms with van der Waals surface area (Å²) in [6.07, 6.45) is 0. The van der Waals surface area contributed by atoms with Gasteiger partial charge in [-0.3, -0.25) is 24.5 Å². The maximum absolute atomic E-state index is 13.7. The minimum Gasteiger partial charge on any atom is -0.319 e. The van der Waals surface area contributed by atoms with Crippen LogP contribution in [0.3, 0.4) is 0 Å². The summed E-state index contributed by atoms with van der Waals surface area (Å²) < 4.78 is 39.9. The predicted molar refractivity (Wildman–Crippen MR) is 95.2 cm³/mol. The van der Waals surface area contributed by atoms with Crippen molar-refractivity contribution in [3.63, 3.8) is 0 Å². The van der Waals surface area contributed by atoms with Gasteiger partial charge in [-0.15, -0.1) is 0 Å². The number of benzene rings is 2. The van der Waals surface area contributed by atoms with Crippen molar-refractivity contribution in [1.29, 1.82) is 0 Å². The van der Waals surface area contributed by atoms with E-state index in [1.165, 1.54) is 19.2 Å². The molecule has 0 aliphatic carbocycles. The van der Waals surface area contributed by atoms with Gasteiger partial charge in [0.1, 0.15) is 5.56 Å². The number of likely N-dealkylation sites (N-methyl/N-ethyl adjacent to an activating group) is 1. The fraction of sp³-hybridized carbons (Fsp3) is 0.167. The molecule has 0 bridgehead atoms. The molecule has 0 radical (unpaired) electrons. The third-order valence-electron chi connectivity index (χ3n) is 4.37. The first-order valence-corrected chi connectivity index (χ1v) is 8.50. The van der Waals surface area contributed by atoms with E-state index in [1.807, 2.05) is 0 Å². The number of nitrogens with one attached hydrogen (secondary N) is 2. The van der Waals surface area contributed by atoms with Gasteiger partial charge in [0.2, 0.25) is 0 Å². The summed E-state index contributed by atoms with van der Waals surface area (Å²) in [4.78, 5) is 48.5. The number of nitro groups is 1. The summed E-state index contributed by atoms with van der Waals surface area (Å²) >= 11 is 0. The molecule has 12 heteroatoms. The van der Waals surface area contributed by atoms with Crippen LogP contribution in [0.2, 0.25) is 0 Å². The minimum atomic E-state index is -1.74. The van der Waals surface area contributed by atoms with Gasteiger partial charge < -0.3 is 10.2 Å². The van der Waals surface area contributed by atoms with E-state index in [1.54, 1.807) is 0 Å². The standard InChI is InChI=1S/C18H13F3N4O5/c1-23(7-13(26)22-11-6-5-10(19)15(20)16(11)21)8-24-17(27)9-3-2-4-12(25(29)30)14(9)18(24)28/h2-6H,7-8H2,1H3,(H,22,26)/p+1. The number of amides is 3. The summed E-state index contributed by atoms with van der Waals surface area (Å²) in [5, 5.41) is 13.2. The highest BCUT2D eigenvalue weighted by atomic mass is 19.2. The largest absolute Gasteiger partial charge is 0.319 e. The van der Waals surface area contributed by atoms with E-state index in [2.05, 4.69) is 5.32 Å². The van der Waals surface area contributed by atoms with E-state index in [4.69, 9.17) is 0 Å². The van der Waals surface area contributed by atoms with E-state index < -0.39 is 51.5 Å². The molecular formula is C18H14F3N4O5+. The van der Waals surface area contributed by atoms with Gasteiger partial charge in [0.15, 0.2) is 30.7 Å². The lowest BCUT2D eigenvalue weighted by molar-refractivity contribution is -0.878. The van der Waals surface area contributed by atoms with Crippen LogP contribution in [-0.4, -0.2) is 47.8 Å². The monoisotopic (exact) mass is 423 g/mol. The van der Waals surface area contributed by atoms with Gasteiger partial charge in [-0.05, 0) is 18.2 Å². The van der Waals surface area contributed by atoms with Crippen LogP contribution in [0.25, 0.3) is 0 Å². The average Bonchev–Trinajstić information content (AvgIpc) is 2.93. The highest BCUT2D eigenvalue weighted by Crippen LogP contribution is 2.30. The first-order valence-electron chi connectivity index (χ1n) is 8.50. The number of halogens is 3. The van der Waals surface area contributed by atoms with Crippen molar-refractivity contribution in [2.75, 3.05) is 25.6 Å². The molecule has 0 saturated heterocycles. The van der Waals surface area contributed by atoms with Crippen molar-refractivity contribution in [3.8, 4) is 0 Å². The molecule has 156 valence electrons. The molecule has 2 aromatic carbocycles. The van der Waals surface area contributed by atoms with Crippen molar-refractivity contribution >= 4 is 29.1 Å². The third-order valence-corrected chi connectivity index (χ3v) is 4.37. The van der Waals surface area contributed by atoms with Crippen molar-refractivity contribution < 1.29 is 37.4 Å². The molecule has 3 amide bonds. The molecule has 0 aromatic heterocycles. The van der Waals surface area contributed by atoms with Crippen molar-refractivity contribution in [3.05, 3.63) is 69.0 Å². The van der Waals surface area contributed by atoms with Gasteiger partial charge in [-0.1, -0.05) is 6.07 Å². The van der Waals surface area contributed by atoms with Gasteiger partial charge >= 0.3 is 0 Å². The molecular weight excluding hydrogens is 409 g/mol. The lowest BCUT2D eigenvalue weighted by Gasteiger charge is -2.19. The summed E-state index contributed by atoms with van der Waals surface area (Å²) in [5.41, 5.74) is -1.51. The number of nitrogens with zero attached hydrogens (tertiary/aromatic N) is 2. The Hall–Kier alpha value is -3.80. The Kier molecular flexibility index (Phi) is 5.52. The fourth-order valence-corrected chi connectivity index (χ4v) is 3.03. The number of nitro benzene ring substituents is 1. The Morgan fingerprint density at radius 2 is 1.83 bits per heavy atom. The SMILES string of the molecule is C[NH+](CC(=O)Nc1ccc(F)c(F)c1F)CN1C(=O)c2cccc([N+](=O)[O-])c2C1=O. The number of quaternary nitrogens is 1. The quantitative estimate of drug-likeness (QED) is 0.308. The van der Waals surface area contributed by atoms with Crippen LogP contribution >= 0.6 is 0 Å². The smallest absolute Gasteiger partial charge is 0.282 e. The number of rotatable bonds is 6. The lowest BCUT2D eigenvalue weighted by atomic mass is 10.1. The normalized spacial score (nSPS) is 13.9. The minimum absolute atomic E-state index is 0.115. The van der Waals surface area contributed by atoms with Crippen LogP contribution in [0.1, 0.15) is 20.7 Å². The number of carbonyl (C=O) groups excluding carboxylic acids is 3. The van der Waals surface area contributed by atoms with Crippen molar-refractivity contribution in [1.82, 2.24) is 4.90 Å². The van der Waals surface area contributed by atoms with E-state index in [9.17, 15) is 37.7 Å².